The van der Waals surface area contributed by atoms with E-state index >= 15 is 0 Å². The minimum absolute atomic E-state index is 0.00942. The zero-order valence-electron chi connectivity index (χ0n) is 14.6. The Balaban J connectivity index is 1.93. The highest BCUT2D eigenvalue weighted by Gasteiger charge is 2.15. The van der Waals surface area contributed by atoms with Crippen molar-refractivity contribution in [2.75, 3.05) is 13.2 Å². The number of hydrogen-bond acceptors (Lipinski definition) is 4. The molecular weight excluding hydrogens is 352 g/mol. The molecule has 0 spiro atoms. The van der Waals surface area contributed by atoms with E-state index in [2.05, 4.69) is 16.6 Å². The number of para-hydroxylation sites is 1. The number of nitrogens with one attached hydrogen (secondary N) is 1. The lowest BCUT2D eigenvalue weighted by Gasteiger charge is -2.08. The Kier molecular flexibility index (Phi) is 6.39. The van der Waals surface area contributed by atoms with Crippen LogP contribution in [0.25, 0.3) is 0 Å². The molecule has 0 saturated carbocycles. The summed E-state index contributed by atoms with van der Waals surface area (Å²) in [6, 6.07) is 11.8. The van der Waals surface area contributed by atoms with Crippen LogP contribution in [0.4, 0.5) is 0 Å². The number of aryl methyl sites for hydroxylation is 2. The lowest BCUT2D eigenvalue weighted by atomic mass is 10.2. The molecule has 0 aliphatic carbocycles. The van der Waals surface area contributed by atoms with Gasteiger partial charge in [-0.05, 0) is 43.2 Å². The van der Waals surface area contributed by atoms with Crippen molar-refractivity contribution < 1.29 is 17.9 Å². The first kappa shape index (κ1) is 19.5. The SMILES string of the molecule is Cc1ccc(C)c(S(=O)(=O)NCC#CCOc2ccccc2C(N)=O)c1. The van der Waals surface area contributed by atoms with Gasteiger partial charge in [0.2, 0.25) is 10.0 Å². The molecule has 2 aromatic rings. The second-order valence-corrected chi connectivity index (χ2v) is 7.33. The Bertz CT molecular complexity index is 973. The summed E-state index contributed by atoms with van der Waals surface area (Å²) in [5.41, 5.74) is 7.06. The summed E-state index contributed by atoms with van der Waals surface area (Å²) in [4.78, 5) is 11.5. The standard InChI is InChI=1S/C19H20N2O4S/c1-14-9-10-15(2)18(13-14)26(23,24)21-11-5-6-12-25-17-8-4-3-7-16(17)19(20)22/h3-4,7-10,13,21H,11-12H2,1-2H3,(H2,20,22). The fourth-order valence-corrected chi connectivity index (χ4v) is 3.48. The molecule has 2 rings (SSSR count). The van der Waals surface area contributed by atoms with E-state index in [1.165, 1.54) is 0 Å². The molecule has 0 bridgehead atoms. The smallest absolute Gasteiger partial charge is 0.252 e. The number of nitrogens with two attached hydrogens (primary N) is 1. The second kappa shape index (κ2) is 8.52. The van der Waals surface area contributed by atoms with E-state index < -0.39 is 15.9 Å². The predicted molar refractivity (Wildman–Crippen MR) is 99.3 cm³/mol. The first-order valence-electron chi connectivity index (χ1n) is 7.85. The molecular formula is C19H20N2O4S. The zero-order valence-corrected chi connectivity index (χ0v) is 15.4. The Morgan fingerprint density at radius 2 is 1.88 bits per heavy atom. The van der Waals surface area contributed by atoms with E-state index in [1.807, 2.05) is 13.0 Å². The van der Waals surface area contributed by atoms with Gasteiger partial charge in [-0.15, -0.1) is 0 Å². The molecule has 0 atom stereocenters. The fourth-order valence-electron chi connectivity index (χ4n) is 2.23. The second-order valence-electron chi connectivity index (χ2n) is 5.60. The highest BCUT2D eigenvalue weighted by Crippen LogP contribution is 2.17. The van der Waals surface area contributed by atoms with E-state index in [0.29, 0.717) is 11.3 Å². The topological polar surface area (TPSA) is 98.5 Å². The zero-order chi connectivity index (χ0) is 19.2. The van der Waals surface area contributed by atoms with Gasteiger partial charge >= 0.3 is 0 Å². The van der Waals surface area contributed by atoms with Crippen molar-refractivity contribution in [1.82, 2.24) is 4.72 Å². The third-order valence-corrected chi connectivity index (χ3v) is 5.10. The lowest BCUT2D eigenvalue weighted by Crippen LogP contribution is -2.25. The monoisotopic (exact) mass is 372 g/mol. The summed E-state index contributed by atoms with van der Waals surface area (Å²) in [5.74, 6) is 5.13. The maximum atomic E-state index is 12.3. The van der Waals surface area contributed by atoms with Crippen LogP contribution in [0.3, 0.4) is 0 Å². The van der Waals surface area contributed by atoms with Gasteiger partial charge in [0, 0.05) is 0 Å². The number of carbonyl (C=O) groups is 1. The van der Waals surface area contributed by atoms with Gasteiger partial charge in [-0.25, -0.2) is 8.42 Å². The molecule has 2 aromatic carbocycles. The van der Waals surface area contributed by atoms with Crippen molar-refractivity contribution in [1.29, 1.82) is 0 Å². The van der Waals surface area contributed by atoms with Crippen LogP contribution in [0.2, 0.25) is 0 Å². The molecule has 0 aromatic heterocycles. The average Bonchev–Trinajstić information content (AvgIpc) is 2.60. The summed E-state index contributed by atoms with van der Waals surface area (Å²) in [5, 5.41) is 0. The summed E-state index contributed by atoms with van der Waals surface area (Å²) >= 11 is 0. The van der Waals surface area contributed by atoms with Crippen LogP contribution >= 0.6 is 0 Å². The molecule has 0 heterocycles. The molecule has 0 radical (unpaired) electrons. The van der Waals surface area contributed by atoms with Crippen molar-refractivity contribution in [3.8, 4) is 17.6 Å². The van der Waals surface area contributed by atoms with Gasteiger partial charge in [-0.2, -0.15) is 4.72 Å². The number of ether oxygens (including phenoxy) is 1. The number of carbonyl (C=O) groups excluding carboxylic acids is 1. The van der Waals surface area contributed by atoms with Crippen molar-refractivity contribution in [2.24, 2.45) is 5.73 Å². The fraction of sp³-hybridized carbons (Fsp3) is 0.211. The van der Waals surface area contributed by atoms with Gasteiger partial charge in [0.05, 0.1) is 17.0 Å². The number of sulfonamides is 1. The average molecular weight is 372 g/mol. The van der Waals surface area contributed by atoms with Gasteiger partial charge in [0.1, 0.15) is 12.4 Å². The van der Waals surface area contributed by atoms with Crippen LogP contribution < -0.4 is 15.2 Å². The summed E-state index contributed by atoms with van der Waals surface area (Å²) in [6.07, 6.45) is 0. The molecule has 26 heavy (non-hydrogen) atoms. The van der Waals surface area contributed by atoms with Crippen LogP contribution in [0.5, 0.6) is 5.75 Å². The predicted octanol–water partition coefficient (Wildman–Crippen LogP) is 1.76. The molecule has 1 amide bonds. The molecule has 0 aliphatic heterocycles. The number of benzene rings is 2. The van der Waals surface area contributed by atoms with Gasteiger partial charge in [0.15, 0.2) is 0 Å². The molecule has 0 unspecified atom stereocenters. The minimum Gasteiger partial charge on any atom is -0.480 e. The normalized spacial score (nSPS) is 10.7. The molecule has 7 heteroatoms. The van der Waals surface area contributed by atoms with Gasteiger partial charge < -0.3 is 10.5 Å². The molecule has 136 valence electrons. The third kappa shape index (κ3) is 5.09. The Morgan fingerprint density at radius 1 is 1.15 bits per heavy atom. The quantitative estimate of drug-likeness (QED) is 0.755. The molecule has 3 N–H and O–H groups in total. The number of hydrogen-bond donors (Lipinski definition) is 2. The molecule has 0 saturated heterocycles. The number of rotatable bonds is 6. The maximum absolute atomic E-state index is 12.3. The largest absolute Gasteiger partial charge is 0.480 e. The number of amides is 1. The van der Waals surface area contributed by atoms with Crippen LogP contribution in [0.1, 0.15) is 21.5 Å². The van der Waals surface area contributed by atoms with Crippen LogP contribution in [0.15, 0.2) is 47.4 Å². The van der Waals surface area contributed by atoms with Gasteiger partial charge in [-0.3, -0.25) is 4.79 Å². The molecule has 0 fully saturated rings. The Labute approximate surface area is 153 Å². The van der Waals surface area contributed by atoms with Gasteiger partial charge in [-0.1, -0.05) is 36.1 Å². The first-order chi connectivity index (χ1) is 12.3. The molecule has 0 aliphatic rings. The van der Waals surface area contributed by atoms with Crippen molar-refractivity contribution in [2.45, 2.75) is 18.7 Å². The first-order valence-corrected chi connectivity index (χ1v) is 9.34. The van der Waals surface area contributed by atoms with E-state index in [1.54, 1.807) is 43.3 Å². The van der Waals surface area contributed by atoms with Crippen molar-refractivity contribution in [3.63, 3.8) is 0 Å². The minimum atomic E-state index is -3.63. The summed E-state index contributed by atoms with van der Waals surface area (Å²) in [7, 11) is -3.63. The lowest BCUT2D eigenvalue weighted by molar-refractivity contribution is 0.0997. The van der Waals surface area contributed by atoms with Crippen LogP contribution in [-0.2, 0) is 10.0 Å². The van der Waals surface area contributed by atoms with Crippen LogP contribution in [-0.4, -0.2) is 27.5 Å². The number of primary amides is 1. The van der Waals surface area contributed by atoms with E-state index in [0.717, 1.165) is 5.56 Å². The third-order valence-electron chi connectivity index (χ3n) is 3.56. The van der Waals surface area contributed by atoms with Crippen molar-refractivity contribution in [3.05, 3.63) is 59.2 Å². The van der Waals surface area contributed by atoms with E-state index in [9.17, 15) is 13.2 Å². The van der Waals surface area contributed by atoms with Crippen LogP contribution in [0, 0.1) is 25.7 Å². The highest BCUT2D eigenvalue weighted by atomic mass is 32.2. The van der Waals surface area contributed by atoms with E-state index in [-0.39, 0.29) is 23.6 Å². The maximum Gasteiger partial charge on any atom is 0.252 e. The molecule has 6 nitrogen and oxygen atoms in total. The Morgan fingerprint density at radius 3 is 2.62 bits per heavy atom. The van der Waals surface area contributed by atoms with Gasteiger partial charge in [0.25, 0.3) is 5.91 Å². The summed E-state index contributed by atoms with van der Waals surface area (Å²) < 4.78 is 32.5. The summed E-state index contributed by atoms with van der Waals surface area (Å²) in [6.45, 7) is 3.54. The Hall–Kier alpha value is -2.82. The van der Waals surface area contributed by atoms with E-state index in [4.69, 9.17) is 10.5 Å². The highest BCUT2D eigenvalue weighted by molar-refractivity contribution is 7.89. The van der Waals surface area contributed by atoms with Crippen molar-refractivity contribution >= 4 is 15.9 Å².